The Hall–Kier alpha value is -0.780. The smallest absolute Gasteiger partial charge is 0.0807 e. The minimum absolute atomic E-state index is 0.168. The van der Waals surface area contributed by atoms with Gasteiger partial charge in [-0.15, -0.1) is 0 Å². The molecule has 0 aliphatic carbocycles. The molecule has 0 atom stereocenters. The first-order chi connectivity index (χ1) is 7.00. The Morgan fingerprint density at radius 1 is 1.40 bits per heavy atom. The molecular weight excluding hydrogens is 260 g/mol. The molecule has 0 fully saturated rings. The van der Waals surface area contributed by atoms with E-state index in [0.29, 0.717) is 11.4 Å². The zero-order chi connectivity index (χ0) is 11.5. The average Bonchev–Trinajstić information content (AvgIpc) is 2.22. The largest absolute Gasteiger partial charge is 0.397 e. The fourth-order valence-electron chi connectivity index (χ4n) is 1.10. The number of nitrogens with one attached hydrogen (secondary N) is 1. The summed E-state index contributed by atoms with van der Waals surface area (Å²) in [7, 11) is 0. The van der Waals surface area contributed by atoms with Crippen molar-refractivity contribution in [2.24, 2.45) is 0 Å². The summed E-state index contributed by atoms with van der Waals surface area (Å²) in [6.45, 7) is 1.38. The third kappa shape index (κ3) is 3.09. The molecule has 0 aliphatic rings. The molecule has 0 saturated heterocycles. The Morgan fingerprint density at radius 3 is 2.47 bits per heavy atom. The van der Waals surface area contributed by atoms with E-state index in [-0.39, 0.29) is 13.2 Å². The molecule has 0 amide bonds. The Morgan fingerprint density at radius 2 is 2.00 bits per heavy atom. The molecule has 0 heterocycles. The normalized spacial score (nSPS) is 11.5. The topological polar surface area (TPSA) is 78.5 Å². The van der Waals surface area contributed by atoms with Crippen LogP contribution in [0.25, 0.3) is 0 Å². The highest BCUT2D eigenvalue weighted by Gasteiger charge is 2.22. The van der Waals surface area contributed by atoms with Crippen LogP contribution in [0, 0.1) is 0 Å². The van der Waals surface area contributed by atoms with Gasteiger partial charge in [-0.05, 0) is 25.1 Å². The quantitative estimate of drug-likeness (QED) is 0.622. The molecule has 5 heteroatoms. The van der Waals surface area contributed by atoms with Gasteiger partial charge in [0.05, 0.1) is 30.1 Å². The Balaban J connectivity index is 2.89. The average molecular weight is 275 g/mol. The van der Waals surface area contributed by atoms with Gasteiger partial charge in [0.15, 0.2) is 0 Å². The third-order valence-electron chi connectivity index (χ3n) is 2.15. The summed E-state index contributed by atoms with van der Waals surface area (Å²) in [6, 6.07) is 5.40. The van der Waals surface area contributed by atoms with Crippen LogP contribution < -0.4 is 11.1 Å². The zero-order valence-corrected chi connectivity index (χ0v) is 10.1. The first-order valence-electron chi connectivity index (χ1n) is 4.56. The van der Waals surface area contributed by atoms with Gasteiger partial charge in [-0.25, -0.2) is 0 Å². The van der Waals surface area contributed by atoms with Crippen LogP contribution in [0.2, 0.25) is 0 Å². The Bertz CT molecular complexity index is 340. The van der Waals surface area contributed by atoms with Gasteiger partial charge in [-0.3, -0.25) is 0 Å². The van der Waals surface area contributed by atoms with E-state index >= 15 is 0 Å². The fourth-order valence-corrected chi connectivity index (χ4v) is 1.48. The van der Waals surface area contributed by atoms with Gasteiger partial charge < -0.3 is 21.3 Å². The maximum Gasteiger partial charge on any atom is 0.0807 e. The number of benzene rings is 1. The lowest BCUT2D eigenvalue weighted by molar-refractivity contribution is 0.147. The van der Waals surface area contributed by atoms with Crippen molar-refractivity contribution in [3.8, 4) is 0 Å². The first kappa shape index (κ1) is 12.3. The predicted octanol–water partition coefficient (Wildman–Crippen LogP) is 1.19. The maximum atomic E-state index is 9.12. The van der Waals surface area contributed by atoms with Crippen LogP contribution in [0.15, 0.2) is 22.7 Å². The van der Waals surface area contributed by atoms with Crippen molar-refractivity contribution in [3.63, 3.8) is 0 Å². The van der Waals surface area contributed by atoms with E-state index in [4.69, 9.17) is 15.9 Å². The molecule has 0 saturated carbocycles. The summed E-state index contributed by atoms with van der Waals surface area (Å²) in [5.41, 5.74) is 6.29. The molecule has 0 aliphatic heterocycles. The van der Waals surface area contributed by atoms with Crippen molar-refractivity contribution in [1.82, 2.24) is 0 Å². The van der Waals surface area contributed by atoms with Crippen molar-refractivity contribution in [2.75, 3.05) is 24.3 Å². The van der Waals surface area contributed by atoms with E-state index in [1.165, 1.54) is 0 Å². The van der Waals surface area contributed by atoms with Crippen molar-refractivity contribution in [3.05, 3.63) is 22.7 Å². The van der Waals surface area contributed by atoms with Crippen LogP contribution >= 0.6 is 15.9 Å². The summed E-state index contributed by atoms with van der Waals surface area (Å²) < 4.78 is 0.889. The molecule has 15 heavy (non-hydrogen) atoms. The molecule has 0 unspecified atom stereocenters. The number of hydrogen-bond donors (Lipinski definition) is 4. The van der Waals surface area contributed by atoms with Crippen LogP contribution in [0.1, 0.15) is 6.92 Å². The SMILES string of the molecule is CC(CO)(CO)Nc1ccc(Br)cc1N. The highest BCUT2D eigenvalue weighted by Crippen LogP contribution is 2.25. The number of anilines is 2. The van der Waals surface area contributed by atoms with Gasteiger partial charge in [0, 0.05) is 4.47 Å². The summed E-state index contributed by atoms with van der Waals surface area (Å²) in [4.78, 5) is 0. The number of halogens is 1. The van der Waals surface area contributed by atoms with E-state index in [1.54, 1.807) is 19.1 Å². The Kier molecular flexibility index (Phi) is 3.96. The lowest BCUT2D eigenvalue weighted by Crippen LogP contribution is -2.42. The van der Waals surface area contributed by atoms with E-state index in [2.05, 4.69) is 21.2 Å². The third-order valence-corrected chi connectivity index (χ3v) is 2.64. The lowest BCUT2D eigenvalue weighted by atomic mass is 10.0. The first-order valence-corrected chi connectivity index (χ1v) is 5.35. The second kappa shape index (κ2) is 4.83. The number of nitrogens with two attached hydrogens (primary N) is 1. The van der Waals surface area contributed by atoms with Crippen molar-refractivity contribution >= 4 is 27.3 Å². The van der Waals surface area contributed by atoms with Crippen molar-refractivity contribution < 1.29 is 10.2 Å². The molecule has 0 spiro atoms. The molecule has 5 N–H and O–H groups in total. The van der Waals surface area contributed by atoms with Crippen LogP contribution in [0.4, 0.5) is 11.4 Å². The minimum Gasteiger partial charge on any atom is -0.397 e. The van der Waals surface area contributed by atoms with Gasteiger partial charge in [0.1, 0.15) is 0 Å². The zero-order valence-electron chi connectivity index (χ0n) is 8.50. The van der Waals surface area contributed by atoms with Gasteiger partial charge in [-0.1, -0.05) is 15.9 Å². The van der Waals surface area contributed by atoms with Crippen molar-refractivity contribution in [2.45, 2.75) is 12.5 Å². The van der Waals surface area contributed by atoms with Gasteiger partial charge >= 0.3 is 0 Å². The summed E-state index contributed by atoms with van der Waals surface area (Å²) >= 11 is 3.30. The second-order valence-electron chi connectivity index (χ2n) is 3.73. The molecule has 84 valence electrons. The molecule has 0 radical (unpaired) electrons. The number of nitrogen functional groups attached to an aromatic ring is 1. The van der Waals surface area contributed by atoms with Crippen LogP contribution in [-0.2, 0) is 0 Å². The molecule has 0 bridgehead atoms. The van der Waals surface area contributed by atoms with E-state index < -0.39 is 5.54 Å². The van der Waals surface area contributed by atoms with Crippen LogP contribution in [0.5, 0.6) is 0 Å². The molecule has 0 aromatic heterocycles. The molecular formula is C10H15BrN2O2. The van der Waals surface area contributed by atoms with Crippen LogP contribution in [-0.4, -0.2) is 29.0 Å². The molecule has 4 nitrogen and oxygen atoms in total. The summed E-state index contributed by atoms with van der Waals surface area (Å²) in [5.74, 6) is 0. The summed E-state index contributed by atoms with van der Waals surface area (Å²) in [5, 5.41) is 21.2. The van der Waals surface area contributed by atoms with Crippen molar-refractivity contribution in [1.29, 1.82) is 0 Å². The van der Waals surface area contributed by atoms with Crippen LogP contribution in [0.3, 0.4) is 0 Å². The monoisotopic (exact) mass is 274 g/mol. The Labute approximate surface area is 97.2 Å². The van der Waals surface area contributed by atoms with Gasteiger partial charge in [-0.2, -0.15) is 0 Å². The minimum atomic E-state index is -0.762. The highest BCUT2D eigenvalue weighted by molar-refractivity contribution is 9.10. The number of hydrogen-bond acceptors (Lipinski definition) is 4. The number of aliphatic hydroxyl groups excluding tert-OH is 2. The highest BCUT2D eigenvalue weighted by atomic mass is 79.9. The second-order valence-corrected chi connectivity index (χ2v) is 4.65. The standard InChI is InChI=1S/C10H15BrN2O2/c1-10(5-14,6-15)13-9-3-2-7(11)4-8(9)12/h2-4,13-15H,5-6,12H2,1H3. The molecule has 1 aromatic carbocycles. The van der Waals surface area contributed by atoms with Gasteiger partial charge in [0.2, 0.25) is 0 Å². The van der Waals surface area contributed by atoms with E-state index in [0.717, 1.165) is 4.47 Å². The maximum absolute atomic E-state index is 9.12. The number of rotatable bonds is 4. The molecule has 1 rings (SSSR count). The molecule has 1 aromatic rings. The van der Waals surface area contributed by atoms with E-state index in [9.17, 15) is 0 Å². The number of aliphatic hydroxyl groups is 2. The fraction of sp³-hybridized carbons (Fsp3) is 0.400. The van der Waals surface area contributed by atoms with E-state index in [1.807, 2.05) is 6.07 Å². The lowest BCUT2D eigenvalue weighted by Gasteiger charge is -2.28. The summed E-state index contributed by atoms with van der Waals surface area (Å²) in [6.07, 6.45) is 0. The predicted molar refractivity (Wildman–Crippen MR) is 64.8 cm³/mol. The van der Waals surface area contributed by atoms with Gasteiger partial charge in [0.25, 0.3) is 0 Å².